The average Bonchev–Trinajstić information content (AvgIpc) is 2.69. The second-order valence-electron chi connectivity index (χ2n) is 9.34. The maximum Gasteiger partial charge on any atom is 0.126 e. The largest absolute Gasteiger partial charge is 0.207 e. The average molecular weight is 371 g/mol. The van der Waals surface area contributed by atoms with E-state index in [1.807, 2.05) is 13.0 Å². The van der Waals surface area contributed by atoms with Crippen molar-refractivity contribution in [3.8, 4) is 0 Å². The van der Waals surface area contributed by atoms with Gasteiger partial charge < -0.3 is 0 Å². The van der Waals surface area contributed by atoms with Crippen LogP contribution in [0.15, 0.2) is 29.8 Å². The van der Waals surface area contributed by atoms with E-state index in [4.69, 9.17) is 0 Å². The van der Waals surface area contributed by atoms with Crippen molar-refractivity contribution in [1.29, 1.82) is 0 Å². The highest BCUT2D eigenvalue weighted by Gasteiger charge is 2.22. The van der Waals surface area contributed by atoms with Crippen LogP contribution in [0.25, 0.3) is 0 Å². The Hall–Kier alpha value is -1.11. The van der Waals surface area contributed by atoms with Crippen LogP contribution < -0.4 is 0 Å². The van der Waals surface area contributed by atoms with Gasteiger partial charge in [-0.25, -0.2) is 4.39 Å². The van der Waals surface area contributed by atoms with Gasteiger partial charge in [-0.15, -0.1) is 0 Å². The lowest BCUT2D eigenvalue weighted by Crippen LogP contribution is -2.16. The quantitative estimate of drug-likeness (QED) is 0.405. The molecule has 27 heavy (non-hydrogen) atoms. The number of halogens is 1. The molecule has 2 aliphatic rings. The minimum absolute atomic E-state index is 0.0612. The Bertz CT molecular complexity index is 607. The summed E-state index contributed by atoms with van der Waals surface area (Å²) in [5.74, 6) is 2.90. The van der Waals surface area contributed by atoms with Crippen LogP contribution >= 0.6 is 0 Å². The van der Waals surface area contributed by atoms with Crippen LogP contribution in [0.5, 0.6) is 0 Å². The van der Waals surface area contributed by atoms with Crippen LogP contribution in [0.1, 0.15) is 95.1 Å². The van der Waals surface area contributed by atoms with Crippen molar-refractivity contribution < 1.29 is 4.39 Å². The number of rotatable bonds is 8. The molecular formula is C26H39F. The Kier molecular flexibility index (Phi) is 7.97. The van der Waals surface area contributed by atoms with E-state index in [2.05, 4.69) is 19.1 Å². The van der Waals surface area contributed by atoms with Crippen LogP contribution in [0, 0.1) is 30.5 Å². The highest BCUT2D eigenvalue weighted by molar-refractivity contribution is 5.24. The van der Waals surface area contributed by atoms with E-state index in [9.17, 15) is 4.39 Å². The van der Waals surface area contributed by atoms with E-state index in [-0.39, 0.29) is 5.82 Å². The number of aryl methyl sites for hydroxylation is 2. The first-order valence-electron chi connectivity index (χ1n) is 11.6. The van der Waals surface area contributed by atoms with E-state index in [0.29, 0.717) is 0 Å². The van der Waals surface area contributed by atoms with Gasteiger partial charge in [0.15, 0.2) is 0 Å². The fourth-order valence-corrected chi connectivity index (χ4v) is 5.22. The van der Waals surface area contributed by atoms with Gasteiger partial charge in [-0.2, -0.15) is 0 Å². The maximum atomic E-state index is 13.7. The molecule has 150 valence electrons. The van der Waals surface area contributed by atoms with Crippen molar-refractivity contribution in [3.05, 3.63) is 46.8 Å². The molecule has 1 heteroatoms. The summed E-state index contributed by atoms with van der Waals surface area (Å²) < 4.78 is 13.7. The summed E-state index contributed by atoms with van der Waals surface area (Å²) in [6.07, 6.45) is 20.2. The van der Waals surface area contributed by atoms with Crippen molar-refractivity contribution in [1.82, 2.24) is 0 Å². The number of hydrogen-bond acceptors (Lipinski definition) is 0. The van der Waals surface area contributed by atoms with Crippen molar-refractivity contribution in [3.63, 3.8) is 0 Å². The van der Waals surface area contributed by atoms with Crippen LogP contribution in [-0.4, -0.2) is 0 Å². The Morgan fingerprint density at radius 3 is 2.22 bits per heavy atom. The topological polar surface area (TPSA) is 0 Å². The molecule has 0 aromatic heterocycles. The molecule has 0 radical (unpaired) electrons. The molecule has 0 aliphatic heterocycles. The number of benzene rings is 1. The van der Waals surface area contributed by atoms with E-state index < -0.39 is 0 Å². The van der Waals surface area contributed by atoms with Crippen molar-refractivity contribution in [2.75, 3.05) is 0 Å². The van der Waals surface area contributed by atoms with Gasteiger partial charge in [-0.1, -0.05) is 75.7 Å². The summed E-state index contributed by atoms with van der Waals surface area (Å²) in [5.41, 5.74) is 3.49. The predicted molar refractivity (Wildman–Crippen MR) is 114 cm³/mol. The molecule has 0 spiro atoms. The second-order valence-corrected chi connectivity index (χ2v) is 9.34. The fourth-order valence-electron chi connectivity index (χ4n) is 5.22. The zero-order chi connectivity index (χ0) is 19.1. The standard InChI is InChI=1S/C26H39F/c1-3-4-21-7-9-22(10-8-21)11-12-23-13-15-24(16-14-23)17-18-25-6-5-20(2)26(27)19-25/h5-6,15,19,21-23H,3-4,7-14,16-18H2,1-2H3/t21-,22-,23?. The van der Waals surface area contributed by atoms with E-state index in [1.165, 1.54) is 70.6 Å². The lowest BCUT2D eigenvalue weighted by Gasteiger charge is -2.30. The molecule has 1 unspecified atom stereocenters. The molecule has 1 aromatic rings. The molecule has 0 nitrogen and oxygen atoms in total. The first-order valence-corrected chi connectivity index (χ1v) is 11.6. The first-order chi connectivity index (χ1) is 13.1. The van der Waals surface area contributed by atoms with Crippen molar-refractivity contribution in [2.24, 2.45) is 17.8 Å². The van der Waals surface area contributed by atoms with Gasteiger partial charge >= 0.3 is 0 Å². The molecule has 0 amide bonds. The second kappa shape index (κ2) is 10.4. The summed E-state index contributed by atoms with van der Waals surface area (Å²) in [6, 6.07) is 5.71. The van der Waals surface area contributed by atoms with Crippen LogP contribution in [0.4, 0.5) is 4.39 Å². The van der Waals surface area contributed by atoms with Crippen LogP contribution in [0.2, 0.25) is 0 Å². The highest BCUT2D eigenvalue weighted by atomic mass is 19.1. The SMILES string of the molecule is CCC[C@H]1CC[C@H](CCC2CC=C(CCc3ccc(C)c(F)c3)CC2)CC1. The molecule has 3 rings (SSSR count). The van der Waals surface area contributed by atoms with Crippen molar-refractivity contribution in [2.45, 2.75) is 97.3 Å². The molecule has 0 heterocycles. The highest BCUT2D eigenvalue weighted by Crippen LogP contribution is 2.36. The molecule has 2 aliphatic carbocycles. The lowest BCUT2D eigenvalue weighted by atomic mass is 9.76. The third-order valence-electron chi connectivity index (χ3n) is 7.23. The number of allylic oxidation sites excluding steroid dienone is 2. The summed E-state index contributed by atoms with van der Waals surface area (Å²) in [7, 11) is 0. The molecule has 0 N–H and O–H groups in total. The van der Waals surface area contributed by atoms with E-state index in [1.54, 1.807) is 11.6 Å². The maximum absolute atomic E-state index is 13.7. The lowest BCUT2D eigenvalue weighted by molar-refractivity contribution is 0.236. The molecule has 1 atom stereocenters. The van der Waals surface area contributed by atoms with E-state index >= 15 is 0 Å². The zero-order valence-electron chi connectivity index (χ0n) is 17.6. The Morgan fingerprint density at radius 1 is 0.889 bits per heavy atom. The third-order valence-corrected chi connectivity index (χ3v) is 7.23. The van der Waals surface area contributed by atoms with E-state index in [0.717, 1.165) is 41.7 Å². The van der Waals surface area contributed by atoms with Gasteiger partial charge in [0.2, 0.25) is 0 Å². The molecule has 0 saturated heterocycles. The van der Waals surface area contributed by atoms with Gasteiger partial charge in [-0.05, 0) is 80.4 Å². The summed E-state index contributed by atoms with van der Waals surface area (Å²) in [6.45, 7) is 4.16. The summed E-state index contributed by atoms with van der Waals surface area (Å²) >= 11 is 0. The molecule has 1 saturated carbocycles. The van der Waals surface area contributed by atoms with Gasteiger partial charge in [0.25, 0.3) is 0 Å². The third kappa shape index (κ3) is 6.47. The summed E-state index contributed by atoms with van der Waals surface area (Å²) in [4.78, 5) is 0. The van der Waals surface area contributed by atoms with Crippen LogP contribution in [0.3, 0.4) is 0 Å². The normalized spacial score (nSPS) is 26.0. The Labute approximate surface area is 166 Å². The van der Waals surface area contributed by atoms with Crippen molar-refractivity contribution >= 4 is 0 Å². The predicted octanol–water partition coefficient (Wildman–Crippen LogP) is 8.18. The fraction of sp³-hybridized carbons (Fsp3) is 0.692. The Balaban J connectivity index is 1.34. The molecular weight excluding hydrogens is 331 g/mol. The van der Waals surface area contributed by atoms with Gasteiger partial charge in [-0.3, -0.25) is 0 Å². The molecule has 1 aromatic carbocycles. The zero-order valence-corrected chi connectivity index (χ0v) is 17.6. The first kappa shape index (κ1) is 20.6. The smallest absolute Gasteiger partial charge is 0.126 e. The minimum Gasteiger partial charge on any atom is -0.207 e. The Morgan fingerprint density at radius 2 is 1.59 bits per heavy atom. The molecule has 1 fully saturated rings. The summed E-state index contributed by atoms with van der Waals surface area (Å²) in [5, 5.41) is 0. The monoisotopic (exact) mass is 370 g/mol. The van der Waals surface area contributed by atoms with Gasteiger partial charge in [0.05, 0.1) is 0 Å². The minimum atomic E-state index is -0.0612. The van der Waals surface area contributed by atoms with Gasteiger partial charge in [0.1, 0.15) is 5.82 Å². The van der Waals surface area contributed by atoms with Gasteiger partial charge in [0, 0.05) is 0 Å². The van der Waals surface area contributed by atoms with Crippen LogP contribution in [-0.2, 0) is 6.42 Å². The number of hydrogen-bond donors (Lipinski definition) is 0. The molecule has 0 bridgehead atoms.